The number of aryl methyl sites for hydroxylation is 1. The van der Waals surface area contributed by atoms with E-state index in [0.717, 1.165) is 6.07 Å². The molecule has 1 heterocycles. The lowest BCUT2D eigenvalue weighted by Gasteiger charge is -2.31. The van der Waals surface area contributed by atoms with Gasteiger partial charge in [-0.05, 0) is 44.4 Å². The Morgan fingerprint density at radius 1 is 1.45 bits per heavy atom. The minimum Gasteiger partial charge on any atom is -0.466 e. The van der Waals surface area contributed by atoms with Crippen LogP contribution in [0.25, 0.3) is 0 Å². The van der Waals surface area contributed by atoms with Crippen LogP contribution in [0, 0.1) is 18.7 Å². The first-order chi connectivity index (χ1) is 10.4. The van der Waals surface area contributed by atoms with Gasteiger partial charge >= 0.3 is 5.97 Å². The Bertz CT molecular complexity index is 660. The fourth-order valence-corrected chi connectivity index (χ4v) is 4.36. The second kappa shape index (κ2) is 6.75. The maximum absolute atomic E-state index is 13.4. The number of benzene rings is 1. The first-order valence-electron chi connectivity index (χ1n) is 7.29. The highest BCUT2D eigenvalue weighted by molar-refractivity contribution is 7.89. The van der Waals surface area contributed by atoms with Gasteiger partial charge < -0.3 is 4.74 Å². The monoisotopic (exact) mass is 329 g/mol. The minimum absolute atomic E-state index is 0.0444. The Balaban J connectivity index is 2.25. The van der Waals surface area contributed by atoms with Gasteiger partial charge in [0.25, 0.3) is 0 Å². The third-order valence-corrected chi connectivity index (χ3v) is 5.78. The van der Waals surface area contributed by atoms with Crippen molar-refractivity contribution < 1.29 is 22.3 Å². The van der Waals surface area contributed by atoms with Crippen molar-refractivity contribution in [2.45, 2.75) is 31.6 Å². The van der Waals surface area contributed by atoms with Crippen molar-refractivity contribution in [2.75, 3.05) is 19.7 Å². The zero-order chi connectivity index (χ0) is 16.3. The number of rotatable bonds is 4. The highest BCUT2D eigenvalue weighted by atomic mass is 32.2. The zero-order valence-corrected chi connectivity index (χ0v) is 13.5. The van der Waals surface area contributed by atoms with Gasteiger partial charge in [0.1, 0.15) is 5.82 Å². The van der Waals surface area contributed by atoms with E-state index in [2.05, 4.69) is 0 Å². The molecule has 0 aromatic heterocycles. The SMILES string of the molecule is CCOC(=O)C1CCCN(S(=O)(=O)c2cc(F)ccc2C)C1. The van der Waals surface area contributed by atoms with Gasteiger partial charge in [-0.25, -0.2) is 12.8 Å². The minimum atomic E-state index is -3.81. The summed E-state index contributed by atoms with van der Waals surface area (Å²) in [5.74, 6) is -1.43. The summed E-state index contributed by atoms with van der Waals surface area (Å²) in [6, 6.07) is 3.69. The third kappa shape index (κ3) is 3.47. The number of esters is 1. The quantitative estimate of drug-likeness (QED) is 0.794. The van der Waals surface area contributed by atoms with E-state index >= 15 is 0 Å². The highest BCUT2D eigenvalue weighted by Gasteiger charge is 2.34. The fourth-order valence-electron chi connectivity index (χ4n) is 2.60. The van der Waals surface area contributed by atoms with Crippen LogP contribution in [0.2, 0.25) is 0 Å². The maximum Gasteiger partial charge on any atom is 0.310 e. The number of hydrogen-bond donors (Lipinski definition) is 0. The number of halogens is 1. The molecule has 0 N–H and O–H groups in total. The maximum atomic E-state index is 13.4. The molecule has 1 aliphatic heterocycles. The van der Waals surface area contributed by atoms with Crippen molar-refractivity contribution in [1.82, 2.24) is 4.31 Å². The molecule has 22 heavy (non-hydrogen) atoms. The van der Waals surface area contributed by atoms with E-state index in [0.29, 0.717) is 24.9 Å². The number of sulfonamides is 1. The van der Waals surface area contributed by atoms with Gasteiger partial charge in [-0.3, -0.25) is 4.79 Å². The molecule has 2 rings (SSSR count). The van der Waals surface area contributed by atoms with Crippen LogP contribution in [-0.4, -0.2) is 38.4 Å². The van der Waals surface area contributed by atoms with Gasteiger partial charge in [-0.15, -0.1) is 0 Å². The lowest BCUT2D eigenvalue weighted by molar-refractivity contribution is -0.149. The summed E-state index contributed by atoms with van der Waals surface area (Å²) in [6.07, 6.45) is 1.18. The fraction of sp³-hybridized carbons (Fsp3) is 0.533. The number of ether oxygens (including phenoxy) is 1. The standard InChI is InChI=1S/C15H20FNO4S/c1-3-21-15(18)12-5-4-8-17(10-12)22(19,20)14-9-13(16)7-6-11(14)2/h6-7,9,12H,3-5,8,10H2,1-2H3. The predicted octanol–water partition coefficient (Wildman–Crippen LogP) is 2.10. The van der Waals surface area contributed by atoms with E-state index in [9.17, 15) is 17.6 Å². The molecule has 1 fully saturated rings. The number of carbonyl (C=O) groups excluding carboxylic acids is 1. The second-order valence-electron chi connectivity index (χ2n) is 5.36. The molecule has 1 atom stereocenters. The zero-order valence-electron chi connectivity index (χ0n) is 12.7. The molecule has 1 aromatic rings. The topological polar surface area (TPSA) is 63.7 Å². The van der Waals surface area contributed by atoms with E-state index in [1.165, 1.54) is 16.4 Å². The Morgan fingerprint density at radius 3 is 2.86 bits per heavy atom. The summed E-state index contributed by atoms with van der Waals surface area (Å²) in [7, 11) is -3.81. The van der Waals surface area contributed by atoms with Crippen molar-refractivity contribution in [3.8, 4) is 0 Å². The third-order valence-electron chi connectivity index (χ3n) is 3.77. The molecule has 0 bridgehead atoms. The molecular weight excluding hydrogens is 309 g/mol. The van der Waals surface area contributed by atoms with E-state index in [4.69, 9.17) is 4.74 Å². The molecule has 7 heteroatoms. The molecule has 1 saturated heterocycles. The lowest BCUT2D eigenvalue weighted by atomic mass is 10.0. The summed E-state index contributed by atoms with van der Waals surface area (Å²) in [4.78, 5) is 11.8. The Kier molecular flexibility index (Phi) is 5.18. The van der Waals surface area contributed by atoms with Gasteiger partial charge in [-0.1, -0.05) is 6.07 Å². The van der Waals surface area contributed by atoms with Gasteiger partial charge in [-0.2, -0.15) is 4.31 Å². The van der Waals surface area contributed by atoms with Crippen LogP contribution < -0.4 is 0 Å². The van der Waals surface area contributed by atoms with Gasteiger partial charge in [0.2, 0.25) is 10.0 Å². The van der Waals surface area contributed by atoms with E-state index in [1.807, 2.05) is 0 Å². The molecule has 1 aliphatic rings. The number of nitrogens with zero attached hydrogens (tertiary/aromatic N) is 1. The molecule has 1 unspecified atom stereocenters. The average Bonchev–Trinajstić information content (AvgIpc) is 2.50. The number of piperidine rings is 1. The first kappa shape index (κ1) is 16.9. The van der Waals surface area contributed by atoms with Gasteiger partial charge in [0.05, 0.1) is 17.4 Å². The van der Waals surface area contributed by atoms with Crippen LogP contribution in [0.4, 0.5) is 4.39 Å². The van der Waals surface area contributed by atoms with Crippen molar-refractivity contribution in [3.05, 3.63) is 29.6 Å². The molecule has 0 saturated carbocycles. The van der Waals surface area contributed by atoms with E-state index in [-0.39, 0.29) is 24.0 Å². The Morgan fingerprint density at radius 2 is 2.18 bits per heavy atom. The second-order valence-corrected chi connectivity index (χ2v) is 7.27. The predicted molar refractivity (Wildman–Crippen MR) is 79.3 cm³/mol. The average molecular weight is 329 g/mol. The lowest BCUT2D eigenvalue weighted by Crippen LogP contribution is -2.42. The van der Waals surface area contributed by atoms with Crippen molar-refractivity contribution in [2.24, 2.45) is 5.92 Å². The van der Waals surface area contributed by atoms with Crippen LogP contribution in [-0.2, 0) is 19.6 Å². The molecule has 0 aliphatic carbocycles. The number of carbonyl (C=O) groups is 1. The summed E-state index contributed by atoms with van der Waals surface area (Å²) in [5, 5.41) is 0. The Labute approximate surface area is 130 Å². The van der Waals surface area contributed by atoms with Gasteiger partial charge in [0, 0.05) is 13.1 Å². The van der Waals surface area contributed by atoms with Crippen molar-refractivity contribution >= 4 is 16.0 Å². The van der Waals surface area contributed by atoms with Crippen LogP contribution in [0.5, 0.6) is 0 Å². The summed E-state index contributed by atoms with van der Waals surface area (Å²) < 4.78 is 45.0. The number of hydrogen-bond acceptors (Lipinski definition) is 4. The largest absolute Gasteiger partial charge is 0.466 e. The molecule has 0 radical (unpaired) electrons. The molecular formula is C15H20FNO4S. The van der Waals surface area contributed by atoms with E-state index in [1.54, 1.807) is 13.8 Å². The van der Waals surface area contributed by atoms with Crippen molar-refractivity contribution in [1.29, 1.82) is 0 Å². The summed E-state index contributed by atoms with van der Waals surface area (Å²) >= 11 is 0. The molecule has 5 nitrogen and oxygen atoms in total. The summed E-state index contributed by atoms with van der Waals surface area (Å²) in [5.41, 5.74) is 0.486. The van der Waals surface area contributed by atoms with Crippen LogP contribution in [0.3, 0.4) is 0 Å². The van der Waals surface area contributed by atoms with Crippen molar-refractivity contribution in [3.63, 3.8) is 0 Å². The molecule has 1 aromatic carbocycles. The van der Waals surface area contributed by atoms with Crippen LogP contribution in [0.1, 0.15) is 25.3 Å². The normalized spacial score (nSPS) is 19.9. The van der Waals surface area contributed by atoms with Crippen LogP contribution in [0.15, 0.2) is 23.1 Å². The smallest absolute Gasteiger partial charge is 0.310 e. The molecule has 122 valence electrons. The Hall–Kier alpha value is -1.47. The van der Waals surface area contributed by atoms with Gasteiger partial charge in [0.15, 0.2) is 0 Å². The highest BCUT2D eigenvalue weighted by Crippen LogP contribution is 2.26. The first-order valence-corrected chi connectivity index (χ1v) is 8.73. The van der Waals surface area contributed by atoms with Crippen LogP contribution >= 0.6 is 0 Å². The van der Waals surface area contributed by atoms with E-state index < -0.39 is 21.8 Å². The molecule has 0 amide bonds. The summed E-state index contributed by atoms with van der Waals surface area (Å²) in [6.45, 7) is 4.01. The molecule has 0 spiro atoms.